The molecular formula is C22H25ClN6O2. The zero-order chi connectivity index (χ0) is 22.2. The van der Waals surface area contributed by atoms with Crippen LogP contribution in [0.2, 0.25) is 5.02 Å². The Morgan fingerprint density at radius 3 is 2.45 bits per heavy atom. The quantitative estimate of drug-likeness (QED) is 0.378. The van der Waals surface area contributed by atoms with Gasteiger partial charge in [-0.05, 0) is 55.8 Å². The smallest absolute Gasteiger partial charge is 0.319 e. The van der Waals surface area contributed by atoms with E-state index < -0.39 is 0 Å². The van der Waals surface area contributed by atoms with Crippen LogP contribution in [0.25, 0.3) is 0 Å². The summed E-state index contributed by atoms with van der Waals surface area (Å²) in [5.74, 6) is 1.93. The van der Waals surface area contributed by atoms with Gasteiger partial charge < -0.3 is 26.0 Å². The molecule has 2 amide bonds. The molecule has 0 aliphatic carbocycles. The number of hydrogen-bond acceptors (Lipinski definition) is 6. The Hall–Kier alpha value is -3.52. The van der Waals surface area contributed by atoms with Gasteiger partial charge in [-0.25, -0.2) is 9.78 Å². The highest BCUT2D eigenvalue weighted by atomic mass is 35.5. The normalized spacial score (nSPS) is 10.3. The molecule has 8 nitrogen and oxygen atoms in total. The van der Waals surface area contributed by atoms with E-state index in [4.69, 9.17) is 16.3 Å². The van der Waals surface area contributed by atoms with E-state index in [0.29, 0.717) is 35.6 Å². The van der Waals surface area contributed by atoms with Gasteiger partial charge in [-0.3, -0.25) is 0 Å². The Morgan fingerprint density at radius 2 is 1.74 bits per heavy atom. The molecule has 0 aliphatic heterocycles. The van der Waals surface area contributed by atoms with Gasteiger partial charge in [0.1, 0.15) is 11.6 Å². The Bertz CT molecular complexity index is 1040. The van der Waals surface area contributed by atoms with Crippen LogP contribution in [0.15, 0.2) is 48.5 Å². The number of halogens is 1. The van der Waals surface area contributed by atoms with E-state index in [9.17, 15) is 4.79 Å². The fourth-order valence-electron chi connectivity index (χ4n) is 2.73. The van der Waals surface area contributed by atoms with Gasteiger partial charge >= 0.3 is 6.03 Å². The number of carbonyl (C=O) groups is 1. The second-order valence-electron chi connectivity index (χ2n) is 6.84. The molecule has 0 fully saturated rings. The van der Waals surface area contributed by atoms with Gasteiger partial charge in [-0.15, -0.1) is 0 Å². The summed E-state index contributed by atoms with van der Waals surface area (Å²) in [6.07, 6.45) is 0. The molecule has 3 aromatic rings. The summed E-state index contributed by atoms with van der Waals surface area (Å²) in [5, 5.41) is 12.5. The van der Waals surface area contributed by atoms with Crippen molar-refractivity contribution < 1.29 is 9.53 Å². The number of aryl methyl sites for hydroxylation is 2. The summed E-state index contributed by atoms with van der Waals surface area (Å²) in [6, 6.07) is 14.5. The first kappa shape index (κ1) is 22.2. The molecule has 2 aromatic carbocycles. The SMILES string of the molecule is COc1ccc(Nc2cc(C)nc(NCCNC(=O)Nc3ccc(C)c(Cl)c3)n2)cc1. The van der Waals surface area contributed by atoms with Crippen LogP contribution in [0.4, 0.5) is 27.9 Å². The molecule has 0 radical (unpaired) electrons. The summed E-state index contributed by atoms with van der Waals surface area (Å²) < 4.78 is 5.17. The number of benzene rings is 2. The number of nitrogens with one attached hydrogen (secondary N) is 4. The third kappa shape index (κ3) is 6.75. The topological polar surface area (TPSA) is 100 Å². The van der Waals surface area contributed by atoms with Crippen molar-refractivity contribution >= 4 is 40.8 Å². The van der Waals surface area contributed by atoms with Gasteiger partial charge in [0.05, 0.1) is 7.11 Å². The molecule has 0 saturated carbocycles. The number of rotatable bonds is 8. The molecule has 0 bridgehead atoms. The molecule has 9 heteroatoms. The van der Waals surface area contributed by atoms with Gasteiger partial charge in [-0.1, -0.05) is 17.7 Å². The molecule has 0 aliphatic rings. The van der Waals surface area contributed by atoms with Crippen molar-refractivity contribution in [2.24, 2.45) is 0 Å². The van der Waals surface area contributed by atoms with Crippen LogP contribution in [-0.4, -0.2) is 36.2 Å². The minimum absolute atomic E-state index is 0.311. The number of aromatic nitrogens is 2. The van der Waals surface area contributed by atoms with E-state index >= 15 is 0 Å². The Balaban J connectivity index is 1.48. The molecule has 1 aromatic heterocycles. The fraction of sp³-hybridized carbons (Fsp3) is 0.227. The first-order chi connectivity index (χ1) is 14.9. The van der Waals surface area contributed by atoms with Gasteiger partial charge in [0.2, 0.25) is 5.95 Å². The maximum absolute atomic E-state index is 12.0. The Morgan fingerprint density at radius 1 is 1.00 bits per heavy atom. The number of amides is 2. The zero-order valence-corrected chi connectivity index (χ0v) is 18.4. The highest BCUT2D eigenvalue weighted by Gasteiger charge is 2.05. The zero-order valence-electron chi connectivity index (χ0n) is 17.6. The lowest BCUT2D eigenvalue weighted by Gasteiger charge is -2.11. The van der Waals surface area contributed by atoms with Crippen molar-refractivity contribution in [2.45, 2.75) is 13.8 Å². The van der Waals surface area contributed by atoms with Crippen molar-refractivity contribution in [1.29, 1.82) is 0 Å². The lowest BCUT2D eigenvalue weighted by molar-refractivity contribution is 0.252. The van der Waals surface area contributed by atoms with Gasteiger partial charge in [0.15, 0.2) is 0 Å². The van der Waals surface area contributed by atoms with E-state index in [1.165, 1.54) is 0 Å². The van der Waals surface area contributed by atoms with Crippen molar-refractivity contribution in [2.75, 3.05) is 36.1 Å². The first-order valence-electron chi connectivity index (χ1n) is 9.74. The first-order valence-corrected chi connectivity index (χ1v) is 10.1. The summed E-state index contributed by atoms with van der Waals surface area (Å²) in [4.78, 5) is 20.9. The van der Waals surface area contributed by atoms with Gasteiger partial charge in [-0.2, -0.15) is 4.98 Å². The van der Waals surface area contributed by atoms with E-state index in [0.717, 1.165) is 22.7 Å². The van der Waals surface area contributed by atoms with Crippen LogP contribution in [0.5, 0.6) is 5.75 Å². The van der Waals surface area contributed by atoms with E-state index in [1.807, 2.05) is 50.2 Å². The van der Waals surface area contributed by atoms with Crippen LogP contribution >= 0.6 is 11.6 Å². The largest absolute Gasteiger partial charge is 0.497 e. The van der Waals surface area contributed by atoms with Crippen LogP contribution in [0.3, 0.4) is 0 Å². The van der Waals surface area contributed by atoms with E-state index in [1.54, 1.807) is 19.2 Å². The van der Waals surface area contributed by atoms with Crippen molar-refractivity contribution in [3.05, 3.63) is 64.8 Å². The number of urea groups is 1. The molecule has 0 spiro atoms. The molecular weight excluding hydrogens is 416 g/mol. The van der Waals surface area contributed by atoms with E-state index in [-0.39, 0.29) is 6.03 Å². The van der Waals surface area contributed by atoms with Gasteiger partial charge in [0, 0.05) is 41.2 Å². The van der Waals surface area contributed by atoms with Gasteiger partial charge in [0.25, 0.3) is 0 Å². The maximum atomic E-state index is 12.0. The maximum Gasteiger partial charge on any atom is 0.319 e. The average Bonchev–Trinajstić information content (AvgIpc) is 2.74. The number of nitrogens with zero attached hydrogens (tertiary/aromatic N) is 2. The van der Waals surface area contributed by atoms with Crippen LogP contribution in [-0.2, 0) is 0 Å². The standard InChI is InChI=1S/C22H25ClN6O2/c1-14-4-5-17(13-19(14)23)28-22(30)25-11-10-24-21-26-15(2)12-20(29-21)27-16-6-8-18(31-3)9-7-16/h4-9,12-13H,10-11H2,1-3H3,(H2,25,28,30)(H2,24,26,27,29). The molecule has 0 unspecified atom stereocenters. The Kier molecular flexibility index (Phi) is 7.50. The summed E-state index contributed by atoms with van der Waals surface area (Å²) >= 11 is 6.08. The molecule has 0 atom stereocenters. The average molecular weight is 441 g/mol. The third-order valence-electron chi connectivity index (χ3n) is 4.34. The van der Waals surface area contributed by atoms with Crippen LogP contribution < -0.4 is 26.0 Å². The number of anilines is 4. The van der Waals surface area contributed by atoms with Crippen LogP contribution in [0.1, 0.15) is 11.3 Å². The molecule has 31 heavy (non-hydrogen) atoms. The molecule has 1 heterocycles. The second-order valence-corrected chi connectivity index (χ2v) is 7.25. The minimum atomic E-state index is -0.311. The monoisotopic (exact) mass is 440 g/mol. The second kappa shape index (κ2) is 10.5. The minimum Gasteiger partial charge on any atom is -0.497 e. The predicted molar refractivity (Wildman–Crippen MR) is 125 cm³/mol. The molecule has 162 valence electrons. The van der Waals surface area contributed by atoms with Crippen molar-refractivity contribution in [3.8, 4) is 5.75 Å². The highest BCUT2D eigenvalue weighted by molar-refractivity contribution is 6.31. The summed E-state index contributed by atoms with van der Waals surface area (Å²) in [7, 11) is 1.63. The lowest BCUT2D eigenvalue weighted by Crippen LogP contribution is -2.32. The summed E-state index contributed by atoms with van der Waals surface area (Å²) in [5.41, 5.74) is 3.29. The number of methoxy groups -OCH3 is 1. The fourth-order valence-corrected chi connectivity index (χ4v) is 2.91. The third-order valence-corrected chi connectivity index (χ3v) is 4.75. The Labute approximate surface area is 186 Å². The van der Waals surface area contributed by atoms with Crippen molar-refractivity contribution in [1.82, 2.24) is 15.3 Å². The number of ether oxygens (including phenoxy) is 1. The lowest BCUT2D eigenvalue weighted by atomic mass is 10.2. The van der Waals surface area contributed by atoms with Crippen molar-refractivity contribution in [3.63, 3.8) is 0 Å². The molecule has 4 N–H and O–H groups in total. The number of carbonyl (C=O) groups excluding carboxylic acids is 1. The van der Waals surface area contributed by atoms with Crippen LogP contribution in [0, 0.1) is 13.8 Å². The molecule has 3 rings (SSSR count). The predicted octanol–water partition coefficient (Wildman–Crippen LogP) is 4.73. The molecule has 0 saturated heterocycles. The summed E-state index contributed by atoms with van der Waals surface area (Å²) in [6.45, 7) is 4.66. The van der Waals surface area contributed by atoms with E-state index in [2.05, 4.69) is 31.2 Å². The highest BCUT2D eigenvalue weighted by Crippen LogP contribution is 2.21. The number of hydrogen-bond donors (Lipinski definition) is 4.